The molecule has 1 heterocycles. The Bertz CT molecular complexity index is 815. The largest absolute Gasteiger partial charge is 0.301 e. The maximum atomic E-state index is 4.58. The van der Waals surface area contributed by atoms with Gasteiger partial charge in [0.1, 0.15) is 0 Å². The summed E-state index contributed by atoms with van der Waals surface area (Å²) in [7, 11) is 0. The van der Waals surface area contributed by atoms with Gasteiger partial charge in [0.15, 0.2) is 0 Å². The lowest BCUT2D eigenvalue weighted by Crippen LogP contribution is -2.13. The summed E-state index contributed by atoms with van der Waals surface area (Å²) in [6.45, 7) is 12.4. The van der Waals surface area contributed by atoms with Gasteiger partial charge in [-0.15, -0.1) is 12.6 Å². The van der Waals surface area contributed by atoms with Gasteiger partial charge in [-0.25, -0.2) is 0 Å². The van der Waals surface area contributed by atoms with Gasteiger partial charge >= 0.3 is 0 Å². The van der Waals surface area contributed by atoms with Crippen molar-refractivity contribution in [2.24, 2.45) is 4.99 Å². The van der Waals surface area contributed by atoms with Gasteiger partial charge in [-0.1, -0.05) is 32.9 Å². The van der Waals surface area contributed by atoms with E-state index in [1.54, 1.807) is 6.21 Å². The number of thiol groups is 1. The smallest absolute Gasteiger partial charge is 0.0758 e. The van der Waals surface area contributed by atoms with E-state index in [1.165, 1.54) is 5.56 Å². The van der Waals surface area contributed by atoms with Gasteiger partial charge in [-0.3, -0.25) is 15.4 Å². The van der Waals surface area contributed by atoms with E-state index in [9.17, 15) is 0 Å². The molecular weight excluding hydrogens is 340 g/mol. The number of aryl methyl sites for hydroxylation is 1. The first kappa shape index (κ1) is 20.0. The topological polar surface area (TPSA) is 49.3 Å². The summed E-state index contributed by atoms with van der Waals surface area (Å²) in [6.07, 6.45) is 3.57. The number of hydrogen-bond donors (Lipinski definition) is 3. The molecule has 0 bridgehead atoms. The molecular formula is C21H28N4S. The lowest BCUT2D eigenvalue weighted by atomic mass is 9.87. The second kappa shape index (κ2) is 8.41. The zero-order chi connectivity index (χ0) is 19.3. The van der Waals surface area contributed by atoms with Crippen LogP contribution in [0.2, 0.25) is 0 Å². The van der Waals surface area contributed by atoms with Crippen LogP contribution in [-0.2, 0) is 5.41 Å². The SMILES string of the molecule is CC=N/C(C)=C(\S)c1cnc(C)c(NNc2ccc(C(C)(C)C)cc2)c1. The number of hydrogen-bond acceptors (Lipinski definition) is 5. The molecule has 1 aromatic heterocycles. The molecule has 0 saturated heterocycles. The van der Waals surface area contributed by atoms with Gasteiger partial charge in [-0.2, -0.15) is 0 Å². The van der Waals surface area contributed by atoms with Crippen LogP contribution >= 0.6 is 12.6 Å². The molecule has 4 nitrogen and oxygen atoms in total. The number of pyridine rings is 1. The lowest BCUT2D eigenvalue weighted by molar-refractivity contribution is 0.590. The molecule has 0 fully saturated rings. The van der Waals surface area contributed by atoms with Gasteiger partial charge in [0.25, 0.3) is 0 Å². The van der Waals surface area contributed by atoms with Crippen molar-refractivity contribution in [2.45, 2.75) is 47.0 Å². The van der Waals surface area contributed by atoms with E-state index < -0.39 is 0 Å². The number of nitrogens with zero attached hydrogens (tertiary/aromatic N) is 2. The van der Waals surface area contributed by atoms with Crippen LogP contribution < -0.4 is 10.9 Å². The molecule has 0 aliphatic carbocycles. The first-order valence-electron chi connectivity index (χ1n) is 8.70. The molecule has 138 valence electrons. The van der Waals surface area contributed by atoms with E-state index >= 15 is 0 Å². The predicted octanol–water partition coefficient (Wildman–Crippen LogP) is 5.84. The first-order chi connectivity index (χ1) is 12.2. The normalized spacial score (nSPS) is 12.9. The maximum absolute atomic E-state index is 4.58. The van der Waals surface area contributed by atoms with Crippen molar-refractivity contribution < 1.29 is 0 Å². The van der Waals surface area contributed by atoms with Crippen molar-refractivity contribution in [3.05, 3.63) is 59.0 Å². The maximum Gasteiger partial charge on any atom is 0.0758 e. The Hall–Kier alpha value is -2.27. The standard InChI is InChI=1S/C21H28N4S/c1-7-22-15(3)20(26)16-12-19(14(2)23-13-16)25-24-18-10-8-17(9-11-18)21(4,5)6/h7-13,24-26H,1-6H3/b20-15-,22-7?. The van der Waals surface area contributed by atoms with E-state index in [1.807, 2.05) is 33.0 Å². The van der Waals surface area contributed by atoms with E-state index in [-0.39, 0.29) is 5.41 Å². The lowest BCUT2D eigenvalue weighted by Gasteiger charge is -2.19. The molecule has 2 aromatic rings. The number of hydrazine groups is 1. The van der Waals surface area contributed by atoms with Crippen LogP contribution in [0.3, 0.4) is 0 Å². The van der Waals surface area contributed by atoms with Crippen molar-refractivity contribution >= 4 is 35.1 Å². The summed E-state index contributed by atoms with van der Waals surface area (Å²) in [5.41, 5.74) is 12.5. The number of benzene rings is 1. The van der Waals surface area contributed by atoms with Crippen LogP contribution in [0.5, 0.6) is 0 Å². The van der Waals surface area contributed by atoms with Crippen LogP contribution in [0.25, 0.3) is 4.91 Å². The Labute approximate surface area is 162 Å². The molecule has 0 aliphatic heterocycles. The molecule has 0 spiro atoms. The second-order valence-electron chi connectivity index (χ2n) is 7.26. The minimum absolute atomic E-state index is 0.148. The summed E-state index contributed by atoms with van der Waals surface area (Å²) in [4.78, 5) is 9.57. The highest BCUT2D eigenvalue weighted by Gasteiger charge is 2.12. The number of aromatic nitrogens is 1. The third-order valence-electron chi connectivity index (χ3n) is 4.12. The van der Waals surface area contributed by atoms with Gasteiger partial charge in [0.05, 0.1) is 22.8 Å². The zero-order valence-electron chi connectivity index (χ0n) is 16.4. The van der Waals surface area contributed by atoms with E-state index in [4.69, 9.17) is 0 Å². The van der Waals surface area contributed by atoms with Crippen LogP contribution in [0, 0.1) is 6.92 Å². The van der Waals surface area contributed by atoms with Crippen molar-refractivity contribution in [2.75, 3.05) is 10.9 Å². The summed E-state index contributed by atoms with van der Waals surface area (Å²) >= 11 is 4.58. The molecule has 0 amide bonds. The fourth-order valence-electron chi connectivity index (χ4n) is 2.45. The Morgan fingerprint density at radius 2 is 1.81 bits per heavy atom. The average molecular weight is 369 g/mol. The monoisotopic (exact) mass is 368 g/mol. The van der Waals surface area contributed by atoms with Crippen molar-refractivity contribution in [3.8, 4) is 0 Å². The molecule has 0 unspecified atom stereocenters. The van der Waals surface area contributed by atoms with Gasteiger partial charge in [0, 0.05) is 22.9 Å². The summed E-state index contributed by atoms with van der Waals surface area (Å²) in [6, 6.07) is 10.5. The minimum atomic E-state index is 0.148. The molecule has 1 aromatic carbocycles. The van der Waals surface area contributed by atoms with Gasteiger partial charge in [-0.05, 0) is 49.9 Å². The Morgan fingerprint density at radius 3 is 2.38 bits per heavy atom. The molecule has 0 radical (unpaired) electrons. The van der Waals surface area contributed by atoms with Crippen molar-refractivity contribution in [1.29, 1.82) is 0 Å². The average Bonchev–Trinajstić information content (AvgIpc) is 2.60. The third-order valence-corrected chi connectivity index (χ3v) is 4.70. The van der Waals surface area contributed by atoms with Crippen LogP contribution in [0.1, 0.15) is 51.4 Å². The Morgan fingerprint density at radius 1 is 1.15 bits per heavy atom. The molecule has 0 atom stereocenters. The number of aliphatic imine (C=N–C) groups is 1. The van der Waals surface area contributed by atoms with Crippen molar-refractivity contribution in [3.63, 3.8) is 0 Å². The highest BCUT2D eigenvalue weighted by molar-refractivity contribution is 7.90. The van der Waals surface area contributed by atoms with E-state index in [2.05, 4.69) is 78.5 Å². The number of anilines is 2. The Balaban J connectivity index is 2.17. The van der Waals surface area contributed by atoms with E-state index in [0.717, 1.165) is 33.2 Å². The quantitative estimate of drug-likeness (QED) is 0.353. The third kappa shape index (κ3) is 5.11. The summed E-state index contributed by atoms with van der Waals surface area (Å²) in [5, 5.41) is 0. The molecule has 0 aliphatic rings. The molecule has 26 heavy (non-hydrogen) atoms. The first-order valence-corrected chi connectivity index (χ1v) is 9.15. The minimum Gasteiger partial charge on any atom is -0.301 e. The number of rotatable bonds is 5. The molecule has 2 rings (SSSR count). The van der Waals surface area contributed by atoms with Gasteiger partial charge in [0.2, 0.25) is 0 Å². The van der Waals surface area contributed by atoms with Crippen LogP contribution in [0.15, 0.2) is 47.2 Å². The second-order valence-corrected chi connectivity index (χ2v) is 7.70. The molecule has 2 N–H and O–H groups in total. The Kier molecular flexibility index (Phi) is 6.48. The molecule has 5 heteroatoms. The van der Waals surface area contributed by atoms with Crippen LogP contribution in [0.4, 0.5) is 11.4 Å². The predicted molar refractivity (Wildman–Crippen MR) is 117 cm³/mol. The summed E-state index contributed by atoms with van der Waals surface area (Å²) < 4.78 is 0. The summed E-state index contributed by atoms with van der Waals surface area (Å²) in [5.74, 6) is 0. The molecule has 0 saturated carbocycles. The highest BCUT2D eigenvalue weighted by Crippen LogP contribution is 2.27. The van der Waals surface area contributed by atoms with Crippen LogP contribution in [-0.4, -0.2) is 11.2 Å². The number of nitrogens with one attached hydrogen (secondary N) is 2. The number of allylic oxidation sites excluding steroid dienone is 1. The highest BCUT2D eigenvalue weighted by atomic mass is 32.1. The van der Waals surface area contributed by atoms with Crippen molar-refractivity contribution in [1.82, 2.24) is 4.98 Å². The van der Waals surface area contributed by atoms with Gasteiger partial charge < -0.3 is 5.43 Å². The fraction of sp³-hybridized carbons (Fsp3) is 0.333. The fourth-order valence-corrected chi connectivity index (χ4v) is 2.63. The zero-order valence-corrected chi connectivity index (χ0v) is 17.3. The van der Waals surface area contributed by atoms with E-state index in [0.29, 0.717) is 0 Å².